The van der Waals surface area contributed by atoms with Crippen molar-refractivity contribution in [2.75, 3.05) is 0 Å². The molecule has 1 aliphatic rings. The summed E-state index contributed by atoms with van der Waals surface area (Å²) < 4.78 is 43.2. The number of carboxylic acid groups (broad SMARTS) is 1. The molecule has 1 fully saturated rings. The van der Waals surface area contributed by atoms with Crippen molar-refractivity contribution in [3.05, 3.63) is 71.4 Å². The standard InChI is InChI=1S/C24H23F3N2O3/c25-24(26,27)32-20-12-10-17(11-13-20)21-14-22(18-4-2-1-3-5-18)29(28-21)15-16-6-8-19(9-7-16)23(30)31/h6-14,18H,1-5,15H2,(H,30,31). The molecule has 168 valence electrons. The lowest BCUT2D eigenvalue weighted by atomic mass is 9.86. The topological polar surface area (TPSA) is 64.3 Å². The molecule has 4 rings (SSSR count). The second-order valence-electron chi connectivity index (χ2n) is 8.02. The number of carboxylic acids is 1. The molecule has 3 aromatic rings. The highest BCUT2D eigenvalue weighted by molar-refractivity contribution is 5.87. The SMILES string of the molecule is O=C(O)c1ccc(Cn2nc(-c3ccc(OC(F)(F)F)cc3)cc2C2CCCCC2)cc1. The van der Waals surface area contributed by atoms with Crippen LogP contribution in [0.15, 0.2) is 54.6 Å². The van der Waals surface area contributed by atoms with Gasteiger partial charge in [-0.2, -0.15) is 5.10 Å². The van der Waals surface area contributed by atoms with Crippen LogP contribution in [0.25, 0.3) is 11.3 Å². The number of benzene rings is 2. The maximum Gasteiger partial charge on any atom is 0.573 e. The van der Waals surface area contributed by atoms with E-state index in [1.165, 1.54) is 18.6 Å². The number of alkyl halides is 3. The lowest BCUT2D eigenvalue weighted by Gasteiger charge is -2.22. The van der Waals surface area contributed by atoms with Crippen LogP contribution in [0.4, 0.5) is 13.2 Å². The molecule has 0 unspecified atom stereocenters. The molecule has 0 aliphatic heterocycles. The fourth-order valence-corrected chi connectivity index (χ4v) is 4.18. The van der Waals surface area contributed by atoms with E-state index in [-0.39, 0.29) is 11.3 Å². The lowest BCUT2D eigenvalue weighted by Crippen LogP contribution is -2.16. The normalized spacial score (nSPS) is 15.0. The van der Waals surface area contributed by atoms with Gasteiger partial charge >= 0.3 is 12.3 Å². The van der Waals surface area contributed by atoms with E-state index in [2.05, 4.69) is 4.74 Å². The Balaban J connectivity index is 1.62. The van der Waals surface area contributed by atoms with Crippen LogP contribution in [-0.4, -0.2) is 27.2 Å². The third kappa shape index (κ3) is 5.30. The first kappa shape index (κ1) is 21.9. The Labute approximate surface area is 183 Å². The first-order chi connectivity index (χ1) is 15.3. The van der Waals surface area contributed by atoms with Gasteiger partial charge in [-0.05, 0) is 60.9 Å². The van der Waals surface area contributed by atoms with Crippen molar-refractivity contribution >= 4 is 5.97 Å². The number of halogens is 3. The largest absolute Gasteiger partial charge is 0.573 e. The molecule has 1 N–H and O–H groups in total. The van der Waals surface area contributed by atoms with Crippen molar-refractivity contribution in [2.24, 2.45) is 0 Å². The van der Waals surface area contributed by atoms with Crippen LogP contribution in [0.3, 0.4) is 0 Å². The summed E-state index contributed by atoms with van der Waals surface area (Å²) in [5.74, 6) is -0.874. The Morgan fingerprint density at radius 3 is 2.28 bits per heavy atom. The predicted molar refractivity (Wildman–Crippen MR) is 113 cm³/mol. The zero-order valence-corrected chi connectivity index (χ0v) is 17.3. The van der Waals surface area contributed by atoms with E-state index in [4.69, 9.17) is 10.2 Å². The number of ether oxygens (including phenoxy) is 1. The van der Waals surface area contributed by atoms with Crippen LogP contribution in [0.1, 0.15) is 59.6 Å². The van der Waals surface area contributed by atoms with Crippen molar-refractivity contribution in [1.82, 2.24) is 9.78 Å². The number of aromatic carboxylic acids is 1. The molecule has 1 saturated carbocycles. The van der Waals surface area contributed by atoms with Crippen LogP contribution in [0.5, 0.6) is 5.75 Å². The van der Waals surface area contributed by atoms with Gasteiger partial charge in [0.1, 0.15) is 5.75 Å². The molecule has 0 amide bonds. The minimum atomic E-state index is -4.73. The van der Waals surface area contributed by atoms with Gasteiger partial charge in [-0.25, -0.2) is 4.79 Å². The molecular weight excluding hydrogens is 421 g/mol. The molecular formula is C24H23F3N2O3. The minimum Gasteiger partial charge on any atom is -0.478 e. The summed E-state index contributed by atoms with van der Waals surface area (Å²) >= 11 is 0. The molecule has 1 aliphatic carbocycles. The van der Waals surface area contributed by atoms with Gasteiger partial charge in [-0.1, -0.05) is 31.4 Å². The number of carbonyl (C=O) groups is 1. The predicted octanol–water partition coefficient (Wildman–Crippen LogP) is 6.24. The first-order valence-corrected chi connectivity index (χ1v) is 10.5. The summed E-state index contributed by atoms with van der Waals surface area (Å²) in [6.07, 6.45) is 0.940. The number of rotatable bonds is 6. The highest BCUT2D eigenvalue weighted by Crippen LogP contribution is 2.35. The number of hydrogen-bond donors (Lipinski definition) is 1. The van der Waals surface area contributed by atoms with E-state index < -0.39 is 12.3 Å². The Morgan fingerprint density at radius 1 is 1.03 bits per heavy atom. The highest BCUT2D eigenvalue weighted by Gasteiger charge is 2.31. The molecule has 0 atom stereocenters. The lowest BCUT2D eigenvalue weighted by molar-refractivity contribution is -0.274. The van der Waals surface area contributed by atoms with E-state index in [1.54, 1.807) is 36.4 Å². The number of aromatic nitrogens is 2. The Kier molecular flexibility index (Phi) is 6.21. The van der Waals surface area contributed by atoms with Crippen molar-refractivity contribution < 1.29 is 27.8 Å². The summed E-state index contributed by atoms with van der Waals surface area (Å²) in [7, 11) is 0. The molecule has 8 heteroatoms. The number of nitrogens with zero attached hydrogens (tertiary/aromatic N) is 2. The van der Waals surface area contributed by atoms with Gasteiger partial charge in [-0.15, -0.1) is 13.2 Å². The summed E-state index contributed by atoms with van der Waals surface area (Å²) in [4.78, 5) is 11.1. The fraction of sp³-hybridized carbons (Fsp3) is 0.333. The fourth-order valence-electron chi connectivity index (χ4n) is 4.18. The maximum atomic E-state index is 12.4. The van der Waals surface area contributed by atoms with Gasteiger partial charge in [0.2, 0.25) is 0 Å². The van der Waals surface area contributed by atoms with Crippen LogP contribution in [0.2, 0.25) is 0 Å². The monoisotopic (exact) mass is 444 g/mol. The van der Waals surface area contributed by atoms with Crippen LogP contribution < -0.4 is 4.74 Å². The minimum absolute atomic E-state index is 0.226. The molecule has 0 bridgehead atoms. The van der Waals surface area contributed by atoms with E-state index in [0.717, 1.165) is 36.9 Å². The number of hydrogen-bond acceptors (Lipinski definition) is 3. The average Bonchev–Trinajstić information content (AvgIpc) is 3.18. The summed E-state index contributed by atoms with van der Waals surface area (Å²) in [6, 6.07) is 14.4. The highest BCUT2D eigenvalue weighted by atomic mass is 19.4. The average molecular weight is 444 g/mol. The van der Waals surface area contributed by atoms with Crippen molar-refractivity contribution in [2.45, 2.75) is 50.9 Å². The molecule has 0 spiro atoms. The Hall–Kier alpha value is -3.29. The molecule has 32 heavy (non-hydrogen) atoms. The summed E-state index contributed by atoms with van der Waals surface area (Å²) in [5.41, 5.74) is 3.64. The van der Waals surface area contributed by atoms with Gasteiger partial charge < -0.3 is 9.84 Å². The van der Waals surface area contributed by atoms with Gasteiger partial charge in [0.15, 0.2) is 0 Å². The van der Waals surface area contributed by atoms with Gasteiger partial charge in [0, 0.05) is 17.2 Å². The van der Waals surface area contributed by atoms with Gasteiger partial charge in [0.05, 0.1) is 17.8 Å². The van der Waals surface area contributed by atoms with Crippen LogP contribution in [-0.2, 0) is 6.54 Å². The second-order valence-corrected chi connectivity index (χ2v) is 8.02. The molecule has 5 nitrogen and oxygen atoms in total. The summed E-state index contributed by atoms with van der Waals surface area (Å²) in [5, 5.41) is 13.9. The zero-order chi connectivity index (χ0) is 22.7. The van der Waals surface area contributed by atoms with Crippen molar-refractivity contribution in [1.29, 1.82) is 0 Å². The van der Waals surface area contributed by atoms with E-state index in [1.807, 2.05) is 10.7 Å². The molecule has 1 heterocycles. The van der Waals surface area contributed by atoms with E-state index >= 15 is 0 Å². The first-order valence-electron chi connectivity index (χ1n) is 10.5. The second kappa shape index (κ2) is 9.06. The van der Waals surface area contributed by atoms with E-state index in [9.17, 15) is 18.0 Å². The zero-order valence-electron chi connectivity index (χ0n) is 17.3. The molecule has 0 radical (unpaired) electrons. The van der Waals surface area contributed by atoms with Crippen molar-refractivity contribution in [3.8, 4) is 17.0 Å². The van der Waals surface area contributed by atoms with Gasteiger partial charge in [0.25, 0.3) is 0 Å². The molecule has 2 aromatic carbocycles. The van der Waals surface area contributed by atoms with E-state index in [0.29, 0.717) is 23.7 Å². The molecule has 0 saturated heterocycles. The maximum absolute atomic E-state index is 12.4. The third-order valence-electron chi connectivity index (χ3n) is 5.75. The smallest absolute Gasteiger partial charge is 0.478 e. The van der Waals surface area contributed by atoms with Crippen LogP contribution in [0, 0.1) is 0 Å². The van der Waals surface area contributed by atoms with Gasteiger partial charge in [-0.3, -0.25) is 4.68 Å². The summed E-state index contributed by atoms with van der Waals surface area (Å²) in [6.45, 7) is 0.487. The van der Waals surface area contributed by atoms with Crippen molar-refractivity contribution in [3.63, 3.8) is 0 Å². The Morgan fingerprint density at radius 2 is 1.69 bits per heavy atom. The Bertz CT molecular complexity index is 1070. The quantitative estimate of drug-likeness (QED) is 0.489. The van der Waals surface area contributed by atoms with Crippen LogP contribution >= 0.6 is 0 Å². The molecule has 1 aromatic heterocycles. The third-order valence-corrected chi connectivity index (χ3v) is 5.75.